The molecule has 0 bridgehead atoms. The van der Waals surface area contributed by atoms with Gasteiger partial charge in [-0.15, -0.1) is 0 Å². The average Bonchev–Trinajstić information content (AvgIpc) is 3.28. The van der Waals surface area contributed by atoms with Crippen molar-refractivity contribution < 1.29 is 23.5 Å². The van der Waals surface area contributed by atoms with Gasteiger partial charge >= 0.3 is 5.97 Å². The van der Waals surface area contributed by atoms with E-state index in [9.17, 15) is 14.4 Å². The quantitative estimate of drug-likeness (QED) is 0.717. The summed E-state index contributed by atoms with van der Waals surface area (Å²) in [5, 5.41) is 3.07. The average molecular weight is 420 g/mol. The minimum atomic E-state index is -0.633. The fourth-order valence-corrected chi connectivity index (χ4v) is 3.51. The Labute approximate surface area is 173 Å². The van der Waals surface area contributed by atoms with E-state index in [0.29, 0.717) is 42.3 Å². The molecule has 0 saturated carbocycles. The molecule has 2 amide bonds. The second-order valence-electron chi connectivity index (χ2n) is 6.56. The molecule has 8 nitrogen and oxygen atoms in total. The Morgan fingerprint density at radius 1 is 1.17 bits per heavy atom. The number of rotatable bonds is 6. The van der Waals surface area contributed by atoms with E-state index in [1.54, 1.807) is 23.1 Å². The molecule has 0 spiro atoms. The van der Waals surface area contributed by atoms with E-state index < -0.39 is 12.0 Å². The molecule has 1 aromatic carbocycles. The Kier molecular flexibility index (Phi) is 6.90. The molecular weight excluding hydrogens is 398 g/mol. The normalized spacial score (nSPS) is 15.6. The molecule has 154 valence electrons. The van der Waals surface area contributed by atoms with E-state index >= 15 is 0 Å². The number of piperazine rings is 1. The molecule has 2 heterocycles. The van der Waals surface area contributed by atoms with Crippen molar-refractivity contribution in [1.82, 2.24) is 15.1 Å². The molecule has 1 atom stereocenters. The molecular formula is C20H22ClN3O5. The van der Waals surface area contributed by atoms with Gasteiger partial charge in [-0.2, -0.15) is 0 Å². The summed E-state index contributed by atoms with van der Waals surface area (Å²) in [5.41, 5.74) is 1.04. The lowest BCUT2D eigenvalue weighted by atomic mass is 10.0. The third-order valence-electron chi connectivity index (χ3n) is 4.84. The standard InChI is InChI=1S/C20H22ClN3O5/c1-28-20(27)18(15-4-2-3-5-16(15)21)24-9-7-23(8-10-24)17(25)12-22-19(26)14-6-11-29-13-14/h2-6,11,13,18H,7-10,12H2,1H3,(H,22,26). The summed E-state index contributed by atoms with van der Waals surface area (Å²) in [6.45, 7) is 1.71. The van der Waals surface area contributed by atoms with Crippen molar-refractivity contribution in [2.24, 2.45) is 0 Å². The Hall–Kier alpha value is -2.84. The summed E-state index contributed by atoms with van der Waals surface area (Å²) >= 11 is 6.29. The minimum Gasteiger partial charge on any atom is -0.472 e. The van der Waals surface area contributed by atoms with Gasteiger partial charge in [0.2, 0.25) is 5.91 Å². The van der Waals surface area contributed by atoms with Gasteiger partial charge in [0.05, 0.1) is 25.5 Å². The fourth-order valence-electron chi connectivity index (χ4n) is 3.27. The van der Waals surface area contributed by atoms with Gasteiger partial charge in [0.1, 0.15) is 12.3 Å². The number of nitrogens with one attached hydrogen (secondary N) is 1. The van der Waals surface area contributed by atoms with Crippen LogP contribution in [0.5, 0.6) is 0 Å². The van der Waals surface area contributed by atoms with Crippen molar-refractivity contribution in [1.29, 1.82) is 0 Å². The zero-order valence-corrected chi connectivity index (χ0v) is 16.7. The summed E-state index contributed by atoms with van der Waals surface area (Å²) in [6.07, 6.45) is 2.72. The second-order valence-corrected chi connectivity index (χ2v) is 6.97. The van der Waals surface area contributed by atoms with E-state index in [4.69, 9.17) is 20.8 Å². The van der Waals surface area contributed by atoms with Crippen LogP contribution in [-0.2, 0) is 14.3 Å². The van der Waals surface area contributed by atoms with Crippen molar-refractivity contribution >= 4 is 29.4 Å². The number of halogens is 1. The number of furan rings is 1. The molecule has 3 rings (SSSR count). The molecule has 0 radical (unpaired) electrons. The highest BCUT2D eigenvalue weighted by Gasteiger charge is 2.33. The molecule has 0 aliphatic carbocycles. The highest BCUT2D eigenvalue weighted by atomic mass is 35.5. The molecule has 9 heteroatoms. The zero-order valence-electron chi connectivity index (χ0n) is 16.0. The van der Waals surface area contributed by atoms with E-state index in [2.05, 4.69) is 5.32 Å². The maximum atomic E-state index is 12.4. The lowest BCUT2D eigenvalue weighted by molar-refractivity contribution is -0.148. The van der Waals surface area contributed by atoms with Crippen LogP contribution in [-0.4, -0.2) is 67.4 Å². The van der Waals surface area contributed by atoms with Crippen LogP contribution >= 0.6 is 11.6 Å². The molecule has 1 aliphatic heterocycles. The Morgan fingerprint density at radius 3 is 2.52 bits per heavy atom. The van der Waals surface area contributed by atoms with Crippen LogP contribution in [0.15, 0.2) is 47.3 Å². The number of carbonyl (C=O) groups is 3. The van der Waals surface area contributed by atoms with Crippen LogP contribution in [0.2, 0.25) is 5.02 Å². The largest absolute Gasteiger partial charge is 0.472 e. The first-order valence-corrected chi connectivity index (χ1v) is 9.53. The summed E-state index contributed by atoms with van der Waals surface area (Å²) < 4.78 is 9.83. The molecule has 1 aromatic heterocycles. The lowest BCUT2D eigenvalue weighted by Gasteiger charge is -2.38. The van der Waals surface area contributed by atoms with Crippen LogP contribution in [0.3, 0.4) is 0 Å². The molecule has 1 unspecified atom stereocenters. The van der Waals surface area contributed by atoms with E-state index in [-0.39, 0.29) is 18.4 Å². The van der Waals surface area contributed by atoms with Gasteiger partial charge in [0.15, 0.2) is 0 Å². The molecule has 1 fully saturated rings. The number of amides is 2. The minimum absolute atomic E-state index is 0.102. The van der Waals surface area contributed by atoms with Crippen LogP contribution in [0.4, 0.5) is 0 Å². The van der Waals surface area contributed by atoms with E-state index in [1.807, 2.05) is 11.0 Å². The molecule has 1 saturated heterocycles. The first kappa shape index (κ1) is 20.9. The Morgan fingerprint density at radius 2 is 1.90 bits per heavy atom. The number of esters is 1. The van der Waals surface area contributed by atoms with Crippen LogP contribution in [0.25, 0.3) is 0 Å². The van der Waals surface area contributed by atoms with Crippen LogP contribution < -0.4 is 5.32 Å². The maximum Gasteiger partial charge on any atom is 0.327 e. The summed E-state index contributed by atoms with van der Waals surface area (Å²) in [5.74, 6) is -0.950. The fraction of sp³-hybridized carbons (Fsp3) is 0.350. The number of ether oxygens (including phenoxy) is 1. The third kappa shape index (κ3) is 4.96. The number of hydrogen-bond acceptors (Lipinski definition) is 6. The SMILES string of the molecule is COC(=O)C(c1ccccc1Cl)N1CCN(C(=O)CNC(=O)c2ccoc2)CC1. The molecule has 1 N–H and O–H groups in total. The number of hydrogen-bond donors (Lipinski definition) is 1. The van der Waals surface area contributed by atoms with Crippen molar-refractivity contribution in [2.75, 3.05) is 39.8 Å². The molecule has 29 heavy (non-hydrogen) atoms. The number of benzene rings is 1. The first-order chi connectivity index (χ1) is 14.0. The summed E-state index contributed by atoms with van der Waals surface area (Å²) in [4.78, 5) is 40.4. The van der Waals surface area contributed by atoms with Gasteiger partial charge in [-0.05, 0) is 17.7 Å². The smallest absolute Gasteiger partial charge is 0.327 e. The zero-order chi connectivity index (χ0) is 20.8. The van der Waals surface area contributed by atoms with Crippen molar-refractivity contribution in [3.8, 4) is 0 Å². The van der Waals surface area contributed by atoms with Crippen LogP contribution in [0.1, 0.15) is 22.0 Å². The van der Waals surface area contributed by atoms with Crippen molar-refractivity contribution in [3.63, 3.8) is 0 Å². The molecule has 1 aliphatic rings. The highest BCUT2D eigenvalue weighted by molar-refractivity contribution is 6.31. The Balaban J connectivity index is 1.58. The van der Waals surface area contributed by atoms with Gasteiger partial charge in [-0.3, -0.25) is 14.5 Å². The third-order valence-corrected chi connectivity index (χ3v) is 5.18. The first-order valence-electron chi connectivity index (χ1n) is 9.15. The number of carbonyl (C=O) groups excluding carboxylic acids is 3. The second kappa shape index (κ2) is 9.58. The van der Waals surface area contributed by atoms with Crippen molar-refractivity contribution in [3.05, 3.63) is 59.0 Å². The Bertz CT molecular complexity index is 863. The lowest BCUT2D eigenvalue weighted by Crippen LogP contribution is -2.53. The molecule has 2 aromatic rings. The van der Waals surface area contributed by atoms with Gasteiger partial charge in [0, 0.05) is 31.2 Å². The van der Waals surface area contributed by atoms with Crippen molar-refractivity contribution in [2.45, 2.75) is 6.04 Å². The van der Waals surface area contributed by atoms with Gasteiger partial charge in [-0.25, -0.2) is 4.79 Å². The summed E-state index contributed by atoms with van der Waals surface area (Å²) in [6, 6.07) is 8.04. The van der Waals surface area contributed by atoms with E-state index in [1.165, 1.54) is 25.7 Å². The number of methoxy groups -OCH3 is 1. The van der Waals surface area contributed by atoms with Gasteiger partial charge < -0.3 is 19.4 Å². The monoisotopic (exact) mass is 419 g/mol. The predicted molar refractivity (Wildman–Crippen MR) is 105 cm³/mol. The van der Waals surface area contributed by atoms with E-state index in [0.717, 1.165) is 0 Å². The predicted octanol–water partition coefficient (Wildman–Crippen LogP) is 1.72. The number of nitrogens with zero attached hydrogens (tertiary/aromatic N) is 2. The summed E-state index contributed by atoms with van der Waals surface area (Å²) in [7, 11) is 1.34. The van der Waals surface area contributed by atoms with Gasteiger partial charge in [-0.1, -0.05) is 29.8 Å². The van der Waals surface area contributed by atoms with Crippen LogP contribution in [0, 0.1) is 0 Å². The maximum absolute atomic E-state index is 12.4. The highest BCUT2D eigenvalue weighted by Crippen LogP contribution is 2.29. The topological polar surface area (TPSA) is 92.1 Å². The van der Waals surface area contributed by atoms with Gasteiger partial charge in [0.25, 0.3) is 5.91 Å².